The lowest BCUT2D eigenvalue weighted by Gasteiger charge is -2.58. The quantitative estimate of drug-likeness (QED) is 0.653. The fourth-order valence-electron chi connectivity index (χ4n) is 4.73. The molecule has 0 spiro atoms. The first-order valence-electron chi connectivity index (χ1n) is 10.9. The highest BCUT2D eigenvalue weighted by Crippen LogP contribution is 2.51. The molecular weight excluding hydrogens is 396 g/mol. The molecule has 0 bridgehead atoms. The second kappa shape index (κ2) is 9.78. The van der Waals surface area contributed by atoms with Crippen LogP contribution in [0.2, 0.25) is 0 Å². The van der Waals surface area contributed by atoms with Gasteiger partial charge in [0.2, 0.25) is 11.8 Å². The Morgan fingerprint density at radius 2 is 1.77 bits per heavy atom. The lowest BCUT2D eigenvalue weighted by molar-refractivity contribution is -0.217. The van der Waals surface area contributed by atoms with Crippen molar-refractivity contribution in [2.24, 2.45) is 5.41 Å². The van der Waals surface area contributed by atoms with Gasteiger partial charge < -0.3 is 15.3 Å². The van der Waals surface area contributed by atoms with Crippen LogP contribution in [0.4, 0.5) is 0 Å². The maximum atomic E-state index is 13.6. The van der Waals surface area contributed by atoms with E-state index in [1.54, 1.807) is 16.9 Å². The highest BCUT2D eigenvalue weighted by atomic mass is 16.4. The van der Waals surface area contributed by atoms with E-state index >= 15 is 0 Å². The van der Waals surface area contributed by atoms with Gasteiger partial charge >= 0.3 is 5.97 Å². The zero-order valence-electron chi connectivity index (χ0n) is 19.6. The van der Waals surface area contributed by atoms with E-state index in [-0.39, 0.29) is 18.9 Å². The molecule has 0 radical (unpaired) electrons. The molecule has 0 aliphatic carbocycles. The monoisotopic (exact) mass is 432 g/mol. The normalized spacial score (nSPS) is 24.3. The number of carbonyl (C=O) groups excluding carboxylic acids is 2. The van der Waals surface area contributed by atoms with Gasteiger partial charge in [-0.2, -0.15) is 5.01 Å². The molecule has 1 fully saturated rings. The van der Waals surface area contributed by atoms with E-state index in [0.717, 1.165) is 12.1 Å². The first-order valence-corrected chi connectivity index (χ1v) is 10.9. The van der Waals surface area contributed by atoms with Crippen molar-refractivity contribution < 1.29 is 19.5 Å². The highest BCUT2D eigenvalue weighted by molar-refractivity contribution is 5.95. The number of rotatable bonds is 8. The summed E-state index contributed by atoms with van der Waals surface area (Å²) in [7, 11) is 5.45. The molecule has 1 aromatic carbocycles. The smallest absolute Gasteiger partial charge is 0.312 e. The number of amides is 2. The summed E-state index contributed by atoms with van der Waals surface area (Å²) >= 11 is 0. The van der Waals surface area contributed by atoms with E-state index in [9.17, 15) is 19.5 Å². The van der Waals surface area contributed by atoms with E-state index in [1.165, 1.54) is 7.05 Å². The molecule has 2 rings (SSSR count). The first kappa shape index (κ1) is 24.8. The van der Waals surface area contributed by atoms with Crippen LogP contribution < -0.4 is 5.32 Å². The molecular formula is C23H36N4O4. The Morgan fingerprint density at radius 1 is 1.16 bits per heavy atom. The van der Waals surface area contributed by atoms with Gasteiger partial charge in [-0.25, -0.2) is 0 Å². The van der Waals surface area contributed by atoms with Crippen LogP contribution in [-0.4, -0.2) is 72.0 Å². The number of hydrazine groups is 1. The number of hydrogen-bond donors (Lipinski definition) is 2. The number of benzene rings is 1. The molecule has 0 aromatic heterocycles. The Morgan fingerprint density at radius 3 is 2.23 bits per heavy atom. The number of carboxylic acids is 1. The fraction of sp³-hybridized carbons (Fsp3) is 0.609. The highest BCUT2D eigenvalue weighted by Gasteiger charge is 2.66. The van der Waals surface area contributed by atoms with Gasteiger partial charge in [0.15, 0.2) is 5.54 Å². The summed E-state index contributed by atoms with van der Waals surface area (Å²) in [5.74, 6) is -1.60. The van der Waals surface area contributed by atoms with Crippen molar-refractivity contribution in [1.29, 1.82) is 0 Å². The molecule has 2 atom stereocenters. The molecule has 2 amide bonds. The number of hydrogen-bond acceptors (Lipinski definition) is 5. The average Bonchev–Trinajstić information content (AvgIpc) is 2.73. The summed E-state index contributed by atoms with van der Waals surface area (Å²) in [4.78, 5) is 41.2. The number of carbonyl (C=O) groups is 3. The van der Waals surface area contributed by atoms with Crippen molar-refractivity contribution in [3.8, 4) is 0 Å². The first-order chi connectivity index (χ1) is 14.6. The summed E-state index contributed by atoms with van der Waals surface area (Å²) < 4.78 is 0. The second-order valence-electron chi connectivity index (χ2n) is 8.59. The van der Waals surface area contributed by atoms with Gasteiger partial charge in [-0.1, -0.05) is 38.1 Å². The number of likely N-dealkylation sites (N-methyl/N-ethyl adjacent to an activating group) is 2. The number of aliphatic carboxylic acids is 1. The molecule has 1 aliphatic rings. The molecule has 172 valence electrons. The van der Waals surface area contributed by atoms with Gasteiger partial charge in [0.05, 0.1) is 0 Å². The fourth-order valence-corrected chi connectivity index (χ4v) is 4.73. The molecule has 31 heavy (non-hydrogen) atoms. The molecule has 0 saturated carbocycles. The van der Waals surface area contributed by atoms with E-state index in [2.05, 4.69) is 5.32 Å². The third-order valence-electron chi connectivity index (χ3n) is 6.25. The van der Waals surface area contributed by atoms with Crippen LogP contribution >= 0.6 is 0 Å². The zero-order chi connectivity index (χ0) is 23.4. The van der Waals surface area contributed by atoms with Gasteiger partial charge in [0, 0.05) is 33.1 Å². The van der Waals surface area contributed by atoms with Gasteiger partial charge in [0.1, 0.15) is 5.41 Å². The minimum atomic E-state index is -1.57. The van der Waals surface area contributed by atoms with E-state index < -0.39 is 22.8 Å². The predicted octanol–water partition coefficient (Wildman–Crippen LogP) is 2.05. The maximum absolute atomic E-state index is 13.6. The van der Waals surface area contributed by atoms with Crippen molar-refractivity contribution in [2.75, 3.05) is 34.2 Å². The minimum Gasteiger partial charge on any atom is -0.481 e. The molecule has 8 nitrogen and oxygen atoms in total. The van der Waals surface area contributed by atoms with Crippen molar-refractivity contribution in [3.63, 3.8) is 0 Å². The predicted molar refractivity (Wildman–Crippen MR) is 119 cm³/mol. The van der Waals surface area contributed by atoms with Crippen LogP contribution in [0.3, 0.4) is 0 Å². The summed E-state index contributed by atoms with van der Waals surface area (Å²) in [5, 5.41) is 16.3. The summed E-state index contributed by atoms with van der Waals surface area (Å²) in [5.41, 5.74) is -1.39. The van der Waals surface area contributed by atoms with Gasteiger partial charge in [-0.3, -0.25) is 19.4 Å². The van der Waals surface area contributed by atoms with Crippen molar-refractivity contribution in [1.82, 2.24) is 20.2 Å². The minimum absolute atomic E-state index is 0.103. The van der Waals surface area contributed by atoms with Crippen molar-refractivity contribution in [3.05, 3.63) is 35.4 Å². The third kappa shape index (κ3) is 4.19. The molecule has 1 aliphatic heterocycles. The van der Waals surface area contributed by atoms with Crippen LogP contribution in [0.15, 0.2) is 24.3 Å². The van der Waals surface area contributed by atoms with Gasteiger partial charge in [-0.05, 0) is 45.0 Å². The zero-order valence-corrected chi connectivity index (χ0v) is 19.6. The number of nitrogens with zero attached hydrogens (tertiary/aromatic N) is 3. The Balaban J connectivity index is 2.78. The maximum Gasteiger partial charge on any atom is 0.312 e. The summed E-state index contributed by atoms with van der Waals surface area (Å²) in [6.45, 7) is 6.68. The van der Waals surface area contributed by atoms with E-state index in [1.807, 2.05) is 57.1 Å². The summed E-state index contributed by atoms with van der Waals surface area (Å²) in [6.07, 6.45) is 1.18. The van der Waals surface area contributed by atoms with Crippen LogP contribution in [0.25, 0.3) is 0 Å². The lowest BCUT2D eigenvalue weighted by atomic mass is 9.62. The Kier molecular flexibility index (Phi) is 7.83. The molecule has 0 unspecified atom stereocenters. The topological polar surface area (TPSA) is 93.2 Å². The molecule has 1 saturated heterocycles. The van der Waals surface area contributed by atoms with Crippen LogP contribution in [-0.2, 0) is 26.5 Å². The SMILES string of the molecule is CCCC(=O)N1CC[C@](C)(C(=O)O)[C@](C(=O)NC)(c2ccc(CN(C)C)cc2)N1CC. The van der Waals surface area contributed by atoms with Crippen molar-refractivity contribution >= 4 is 17.8 Å². The Bertz CT molecular complexity index is 810. The van der Waals surface area contributed by atoms with Gasteiger partial charge in [0.25, 0.3) is 0 Å². The average molecular weight is 433 g/mol. The van der Waals surface area contributed by atoms with Crippen LogP contribution in [0.1, 0.15) is 51.2 Å². The lowest BCUT2D eigenvalue weighted by Crippen LogP contribution is -2.74. The van der Waals surface area contributed by atoms with Crippen molar-refractivity contribution in [2.45, 2.75) is 52.1 Å². The molecule has 8 heteroatoms. The Labute approximate surface area is 185 Å². The van der Waals surface area contributed by atoms with E-state index in [0.29, 0.717) is 24.9 Å². The van der Waals surface area contributed by atoms with Crippen LogP contribution in [0.5, 0.6) is 0 Å². The standard InChI is InChI=1S/C23H36N4O4/c1-7-9-19(28)26-15-14-22(3,21(30)31)23(20(29)24-4,27(26)8-2)18-12-10-17(11-13-18)16-25(5)6/h10-13H,7-9,14-16H2,1-6H3,(H,24,29)(H,30,31)/t22-,23-/m1/s1. The van der Waals surface area contributed by atoms with E-state index in [4.69, 9.17) is 0 Å². The van der Waals surface area contributed by atoms with Crippen LogP contribution in [0, 0.1) is 5.41 Å². The third-order valence-corrected chi connectivity index (χ3v) is 6.25. The second-order valence-corrected chi connectivity index (χ2v) is 8.59. The summed E-state index contributed by atoms with van der Waals surface area (Å²) in [6, 6.07) is 7.49. The number of carboxylic acid groups (broad SMARTS) is 1. The van der Waals surface area contributed by atoms with Gasteiger partial charge in [-0.15, -0.1) is 0 Å². The molecule has 1 heterocycles. The molecule has 1 aromatic rings. The number of nitrogens with one attached hydrogen (secondary N) is 1. The molecule has 2 N–H and O–H groups in total. The largest absolute Gasteiger partial charge is 0.481 e. The Hall–Kier alpha value is -2.45.